The van der Waals surface area contributed by atoms with E-state index in [1.807, 2.05) is 48.6 Å². The van der Waals surface area contributed by atoms with E-state index in [-0.39, 0.29) is 6.61 Å². The Labute approximate surface area is 272 Å². The van der Waals surface area contributed by atoms with E-state index >= 15 is 0 Å². The molecule has 0 unspecified atom stereocenters. The third kappa shape index (κ3) is 8.72. The van der Waals surface area contributed by atoms with E-state index in [1.54, 1.807) is 84.9 Å². The number of methoxy groups -OCH3 is 1. The van der Waals surface area contributed by atoms with E-state index in [1.165, 1.54) is 18.9 Å². The second-order valence-corrected chi connectivity index (χ2v) is 11.5. The fourth-order valence-electron chi connectivity index (χ4n) is 4.93. The highest BCUT2D eigenvalue weighted by molar-refractivity contribution is 8.00. The molecule has 0 N–H and O–H groups in total. The maximum atomic E-state index is 13.5. The second kappa shape index (κ2) is 16.6. The molecule has 0 bridgehead atoms. The smallest absolute Gasteiger partial charge is 0.338 e. The highest BCUT2D eigenvalue weighted by Gasteiger charge is 2.51. The summed E-state index contributed by atoms with van der Waals surface area (Å²) in [6.45, 7) is -0.160. The standard InChI is InChI=1S/C37H34O8S/c1-41-37-32(45-36(40)29-22-12-5-13-23-29)31(44-35(39)28-20-10-4-11-21-28)33(46-24-14-17-26-15-6-2-7-16-26)30(43-37)25-42-34(38)27-18-8-3-9-19-27/h2-23,30-33,37H,24-25H2,1H3/b17-14+/t30-,31-,32-,33+,37+/m1/s1. The Morgan fingerprint density at radius 2 is 1.15 bits per heavy atom. The Hall–Kier alpha value is -4.70. The summed E-state index contributed by atoms with van der Waals surface area (Å²) in [5, 5.41) is -0.628. The van der Waals surface area contributed by atoms with Gasteiger partial charge < -0.3 is 23.7 Å². The van der Waals surface area contributed by atoms with Gasteiger partial charge in [-0.15, -0.1) is 11.8 Å². The lowest BCUT2D eigenvalue weighted by molar-refractivity contribution is -0.258. The summed E-state index contributed by atoms with van der Waals surface area (Å²) in [5.41, 5.74) is 2.06. The van der Waals surface area contributed by atoms with Crippen molar-refractivity contribution in [2.24, 2.45) is 0 Å². The summed E-state index contributed by atoms with van der Waals surface area (Å²) in [5.74, 6) is -1.27. The first-order valence-corrected chi connectivity index (χ1v) is 15.8. The van der Waals surface area contributed by atoms with Gasteiger partial charge in [-0.05, 0) is 42.0 Å². The molecule has 0 aromatic heterocycles. The number of hydrogen-bond donors (Lipinski definition) is 0. The molecule has 4 aromatic carbocycles. The first-order chi connectivity index (χ1) is 22.5. The summed E-state index contributed by atoms with van der Waals surface area (Å²) < 4.78 is 29.8. The van der Waals surface area contributed by atoms with Crippen molar-refractivity contribution >= 4 is 35.7 Å². The summed E-state index contributed by atoms with van der Waals surface area (Å²) in [6, 6.07) is 35.5. The lowest BCUT2D eigenvalue weighted by Gasteiger charge is -2.44. The van der Waals surface area contributed by atoms with Crippen LogP contribution in [0.25, 0.3) is 6.08 Å². The highest BCUT2D eigenvalue weighted by atomic mass is 32.2. The number of benzene rings is 4. The van der Waals surface area contributed by atoms with Crippen LogP contribution in [-0.4, -0.2) is 67.2 Å². The minimum absolute atomic E-state index is 0.160. The molecule has 0 spiro atoms. The van der Waals surface area contributed by atoms with E-state index in [0.717, 1.165) is 5.56 Å². The largest absolute Gasteiger partial charge is 0.459 e. The molecule has 1 fully saturated rings. The van der Waals surface area contributed by atoms with Crippen LogP contribution in [0.5, 0.6) is 0 Å². The first kappa shape index (κ1) is 32.7. The van der Waals surface area contributed by atoms with Gasteiger partial charge in [0.05, 0.1) is 21.9 Å². The Kier molecular flexibility index (Phi) is 11.8. The lowest BCUT2D eigenvalue weighted by atomic mass is 10.0. The van der Waals surface area contributed by atoms with Gasteiger partial charge >= 0.3 is 17.9 Å². The molecule has 1 aliphatic heterocycles. The van der Waals surface area contributed by atoms with Crippen LogP contribution in [-0.2, 0) is 23.7 Å². The van der Waals surface area contributed by atoms with Crippen LogP contribution < -0.4 is 0 Å². The van der Waals surface area contributed by atoms with Crippen molar-refractivity contribution in [3.05, 3.63) is 150 Å². The van der Waals surface area contributed by atoms with Gasteiger partial charge in [-0.1, -0.05) is 97.1 Å². The fourth-order valence-corrected chi connectivity index (χ4v) is 6.11. The molecule has 0 saturated carbocycles. The molecule has 9 heteroatoms. The van der Waals surface area contributed by atoms with Crippen LogP contribution in [0.4, 0.5) is 0 Å². The molecule has 46 heavy (non-hydrogen) atoms. The molecule has 1 aliphatic rings. The minimum Gasteiger partial charge on any atom is -0.459 e. The summed E-state index contributed by atoms with van der Waals surface area (Å²) in [4.78, 5) is 39.7. The van der Waals surface area contributed by atoms with Gasteiger partial charge in [-0.2, -0.15) is 0 Å². The summed E-state index contributed by atoms with van der Waals surface area (Å²) in [6.07, 6.45) is -0.115. The summed E-state index contributed by atoms with van der Waals surface area (Å²) >= 11 is 1.43. The monoisotopic (exact) mass is 638 g/mol. The molecule has 0 amide bonds. The van der Waals surface area contributed by atoms with Gasteiger partial charge in [-0.3, -0.25) is 0 Å². The lowest BCUT2D eigenvalue weighted by Crippen LogP contribution is -2.60. The number of ether oxygens (including phenoxy) is 5. The fraction of sp³-hybridized carbons (Fsp3) is 0.216. The van der Waals surface area contributed by atoms with Gasteiger partial charge in [0.25, 0.3) is 0 Å². The third-order valence-corrected chi connectivity index (χ3v) is 8.55. The molecule has 8 nitrogen and oxygen atoms in total. The van der Waals surface area contributed by atoms with Crippen LogP contribution in [0.2, 0.25) is 0 Å². The Balaban J connectivity index is 1.45. The molecule has 0 aliphatic carbocycles. The molecule has 0 radical (unpaired) electrons. The average Bonchev–Trinajstić information content (AvgIpc) is 3.11. The van der Waals surface area contributed by atoms with E-state index in [4.69, 9.17) is 23.7 Å². The Morgan fingerprint density at radius 3 is 1.67 bits per heavy atom. The van der Waals surface area contributed by atoms with Crippen LogP contribution in [0.15, 0.2) is 127 Å². The molecule has 1 saturated heterocycles. The quantitative estimate of drug-likeness (QED) is 0.128. The molecule has 1 heterocycles. The van der Waals surface area contributed by atoms with Crippen LogP contribution >= 0.6 is 11.8 Å². The molecular weight excluding hydrogens is 604 g/mol. The van der Waals surface area contributed by atoms with Gasteiger partial charge in [-0.25, -0.2) is 14.4 Å². The second-order valence-electron chi connectivity index (χ2n) is 10.3. The van der Waals surface area contributed by atoms with E-state index in [9.17, 15) is 14.4 Å². The third-order valence-electron chi connectivity index (χ3n) is 7.21. The molecule has 4 aromatic rings. The maximum absolute atomic E-state index is 13.5. The molecule has 5 atom stereocenters. The molecular formula is C37H34O8S. The van der Waals surface area contributed by atoms with Gasteiger partial charge in [0.1, 0.15) is 12.7 Å². The number of esters is 3. The van der Waals surface area contributed by atoms with Crippen molar-refractivity contribution < 1.29 is 38.1 Å². The van der Waals surface area contributed by atoms with Crippen LogP contribution in [0.1, 0.15) is 36.6 Å². The SMILES string of the molecule is CO[C@H]1O[C@H](COC(=O)c2ccccc2)[C@H](SC/C=C/c2ccccc2)[C@H](OC(=O)c2ccccc2)[C@H]1OC(=O)c1ccccc1. The van der Waals surface area contributed by atoms with E-state index < -0.39 is 47.8 Å². The number of rotatable bonds is 12. The first-order valence-electron chi connectivity index (χ1n) is 14.8. The Morgan fingerprint density at radius 1 is 0.674 bits per heavy atom. The van der Waals surface area contributed by atoms with E-state index in [2.05, 4.69) is 0 Å². The number of carbonyl (C=O) groups excluding carboxylic acids is 3. The molecule has 5 rings (SSSR count). The van der Waals surface area contributed by atoms with Crippen molar-refractivity contribution in [1.82, 2.24) is 0 Å². The predicted octanol–water partition coefficient (Wildman–Crippen LogP) is 6.48. The van der Waals surface area contributed by atoms with Crippen molar-refractivity contribution in [1.29, 1.82) is 0 Å². The molecule has 236 valence electrons. The van der Waals surface area contributed by atoms with Crippen LogP contribution in [0, 0.1) is 0 Å². The van der Waals surface area contributed by atoms with Gasteiger partial charge in [0.2, 0.25) is 0 Å². The Bertz CT molecular complexity index is 1580. The zero-order valence-corrected chi connectivity index (χ0v) is 26.0. The highest BCUT2D eigenvalue weighted by Crippen LogP contribution is 2.35. The van der Waals surface area contributed by atoms with Crippen LogP contribution in [0.3, 0.4) is 0 Å². The predicted molar refractivity (Wildman–Crippen MR) is 175 cm³/mol. The van der Waals surface area contributed by atoms with Crippen molar-refractivity contribution in [2.45, 2.75) is 29.9 Å². The van der Waals surface area contributed by atoms with Crippen molar-refractivity contribution in [2.75, 3.05) is 19.5 Å². The number of thioether (sulfide) groups is 1. The topological polar surface area (TPSA) is 97.4 Å². The summed E-state index contributed by atoms with van der Waals surface area (Å²) in [7, 11) is 1.41. The van der Waals surface area contributed by atoms with Gasteiger partial charge in [0.15, 0.2) is 18.5 Å². The maximum Gasteiger partial charge on any atom is 0.338 e. The van der Waals surface area contributed by atoms with Crippen molar-refractivity contribution in [3.8, 4) is 0 Å². The van der Waals surface area contributed by atoms with Gasteiger partial charge in [0, 0.05) is 12.9 Å². The zero-order chi connectivity index (χ0) is 32.1. The minimum atomic E-state index is -1.14. The van der Waals surface area contributed by atoms with E-state index in [0.29, 0.717) is 22.4 Å². The zero-order valence-electron chi connectivity index (χ0n) is 25.2. The number of carbonyl (C=O) groups is 3. The number of hydrogen-bond acceptors (Lipinski definition) is 9. The normalized spacial score (nSPS) is 20.9. The van der Waals surface area contributed by atoms with Crippen molar-refractivity contribution in [3.63, 3.8) is 0 Å². The average molecular weight is 639 g/mol.